The van der Waals surface area contributed by atoms with Crippen molar-refractivity contribution in [1.29, 1.82) is 0 Å². The molecule has 4 heteroatoms. The van der Waals surface area contributed by atoms with Gasteiger partial charge >= 0.3 is 0 Å². The minimum Gasteiger partial charge on any atom is -0.304 e. The lowest BCUT2D eigenvalue weighted by Crippen LogP contribution is -2.27. The van der Waals surface area contributed by atoms with Crippen molar-refractivity contribution in [1.82, 2.24) is 5.32 Å². The highest BCUT2D eigenvalue weighted by Gasteiger charge is 2.16. The van der Waals surface area contributed by atoms with E-state index >= 15 is 0 Å². The zero-order valence-corrected chi connectivity index (χ0v) is 12.5. The van der Waals surface area contributed by atoms with Gasteiger partial charge in [-0.25, -0.2) is 0 Å². The topological polar surface area (TPSA) is 12.0 Å². The van der Waals surface area contributed by atoms with Crippen molar-refractivity contribution < 1.29 is 0 Å². The van der Waals surface area contributed by atoms with Gasteiger partial charge in [-0.15, -0.1) is 22.7 Å². The van der Waals surface area contributed by atoms with Crippen LogP contribution in [0.4, 0.5) is 0 Å². The van der Waals surface area contributed by atoms with E-state index in [0.29, 0.717) is 11.3 Å². The van der Waals surface area contributed by atoms with Crippen LogP contribution in [0.1, 0.15) is 22.7 Å². The maximum absolute atomic E-state index is 3.68. The van der Waals surface area contributed by atoms with Gasteiger partial charge in [0.2, 0.25) is 0 Å². The molecule has 0 aliphatic rings. The van der Waals surface area contributed by atoms with E-state index in [1.165, 1.54) is 9.75 Å². The van der Waals surface area contributed by atoms with Gasteiger partial charge in [0.1, 0.15) is 0 Å². The van der Waals surface area contributed by atoms with Crippen LogP contribution < -0.4 is 5.32 Å². The maximum atomic E-state index is 3.68. The van der Waals surface area contributed by atoms with Crippen LogP contribution in [0, 0.1) is 0 Å². The van der Waals surface area contributed by atoms with E-state index in [0.717, 1.165) is 6.54 Å². The van der Waals surface area contributed by atoms with E-state index in [1.54, 1.807) is 0 Å². The predicted octanol–water partition coefficient (Wildman–Crippen LogP) is 4.24. The van der Waals surface area contributed by atoms with Gasteiger partial charge in [-0.1, -0.05) is 19.1 Å². The Morgan fingerprint density at radius 2 is 1.76 bits per heavy atom. The molecule has 1 nitrogen and oxygen atoms in total. The maximum Gasteiger partial charge on any atom is 0.0765 e. The Morgan fingerprint density at radius 3 is 2.18 bits per heavy atom. The zero-order chi connectivity index (χ0) is 12.1. The van der Waals surface area contributed by atoms with Crippen molar-refractivity contribution in [3.8, 4) is 0 Å². The average molecular weight is 283 g/mol. The van der Waals surface area contributed by atoms with Crippen molar-refractivity contribution >= 4 is 34.4 Å². The van der Waals surface area contributed by atoms with Crippen molar-refractivity contribution in [2.24, 2.45) is 0 Å². The summed E-state index contributed by atoms with van der Waals surface area (Å²) in [5.41, 5.74) is 0. The first-order valence-electron chi connectivity index (χ1n) is 5.64. The summed E-state index contributed by atoms with van der Waals surface area (Å²) in [4.78, 5) is 2.81. The second-order valence-electron chi connectivity index (χ2n) is 3.92. The van der Waals surface area contributed by atoms with Crippen LogP contribution in [-0.4, -0.2) is 18.1 Å². The van der Waals surface area contributed by atoms with Crippen molar-refractivity contribution in [2.45, 2.75) is 18.2 Å². The molecule has 0 aliphatic heterocycles. The van der Waals surface area contributed by atoms with Crippen LogP contribution in [0.2, 0.25) is 0 Å². The molecule has 1 unspecified atom stereocenters. The standard InChI is InChI=1S/C13H17NS3/c1-10(15-2)9-14-13(11-5-3-7-16-11)12-6-4-8-17-12/h3-8,10,13-14H,9H2,1-2H3. The molecule has 0 fully saturated rings. The quantitative estimate of drug-likeness (QED) is 0.851. The second-order valence-corrected chi connectivity index (χ2v) is 7.15. The molecule has 17 heavy (non-hydrogen) atoms. The first-order chi connectivity index (χ1) is 8.31. The molecule has 2 rings (SSSR count). The van der Waals surface area contributed by atoms with Crippen molar-refractivity contribution in [3.63, 3.8) is 0 Å². The van der Waals surface area contributed by atoms with Gasteiger partial charge in [0.25, 0.3) is 0 Å². The highest BCUT2D eigenvalue weighted by atomic mass is 32.2. The fourth-order valence-corrected chi connectivity index (χ4v) is 3.59. The third kappa shape index (κ3) is 3.58. The number of thiophene rings is 2. The normalized spacial score (nSPS) is 13.1. The molecular formula is C13H17NS3. The zero-order valence-electron chi connectivity index (χ0n) is 10.1. The van der Waals surface area contributed by atoms with E-state index in [-0.39, 0.29) is 0 Å². The van der Waals surface area contributed by atoms with Gasteiger partial charge in [0.05, 0.1) is 6.04 Å². The Kier molecular flexibility index (Phi) is 5.10. The van der Waals surface area contributed by atoms with E-state index in [1.807, 2.05) is 34.4 Å². The molecule has 2 heterocycles. The monoisotopic (exact) mass is 283 g/mol. The fraction of sp³-hybridized carbons (Fsp3) is 0.385. The van der Waals surface area contributed by atoms with Crippen LogP contribution in [0.25, 0.3) is 0 Å². The Balaban J connectivity index is 2.09. The van der Waals surface area contributed by atoms with Crippen LogP contribution in [-0.2, 0) is 0 Å². The molecule has 0 aliphatic carbocycles. The highest BCUT2D eigenvalue weighted by molar-refractivity contribution is 7.99. The summed E-state index contributed by atoms with van der Waals surface area (Å²) < 4.78 is 0. The number of thioether (sulfide) groups is 1. The van der Waals surface area contributed by atoms with Gasteiger partial charge in [-0.2, -0.15) is 11.8 Å². The predicted molar refractivity (Wildman–Crippen MR) is 81.5 cm³/mol. The van der Waals surface area contributed by atoms with Crippen molar-refractivity contribution in [3.05, 3.63) is 44.8 Å². The van der Waals surface area contributed by atoms with E-state index in [4.69, 9.17) is 0 Å². The molecule has 0 bridgehead atoms. The molecule has 0 saturated carbocycles. The molecule has 0 saturated heterocycles. The summed E-state index contributed by atoms with van der Waals surface area (Å²) in [6.07, 6.45) is 2.16. The molecule has 1 N–H and O–H groups in total. The van der Waals surface area contributed by atoms with Gasteiger partial charge < -0.3 is 5.32 Å². The third-order valence-electron chi connectivity index (χ3n) is 2.67. The molecule has 0 radical (unpaired) electrons. The summed E-state index contributed by atoms with van der Waals surface area (Å²) in [6.45, 7) is 3.30. The number of rotatable bonds is 6. The van der Waals surface area contributed by atoms with Crippen LogP contribution >= 0.6 is 34.4 Å². The molecule has 2 aromatic heterocycles. The minimum absolute atomic E-state index is 0.365. The van der Waals surface area contributed by atoms with Gasteiger partial charge in [-0.05, 0) is 29.1 Å². The van der Waals surface area contributed by atoms with Crippen LogP contribution in [0.15, 0.2) is 35.0 Å². The first kappa shape index (κ1) is 13.1. The lowest BCUT2D eigenvalue weighted by atomic mass is 10.2. The van der Waals surface area contributed by atoms with Gasteiger partial charge in [0.15, 0.2) is 0 Å². The largest absolute Gasteiger partial charge is 0.304 e. The lowest BCUT2D eigenvalue weighted by molar-refractivity contribution is 0.620. The Bertz CT molecular complexity index is 374. The van der Waals surface area contributed by atoms with E-state index in [2.05, 4.69) is 53.5 Å². The Hall–Kier alpha value is -0.290. The molecule has 92 valence electrons. The lowest BCUT2D eigenvalue weighted by Gasteiger charge is -2.18. The SMILES string of the molecule is CSC(C)CNC(c1cccs1)c1cccs1. The van der Waals surface area contributed by atoms with Crippen LogP contribution in [0.3, 0.4) is 0 Å². The van der Waals surface area contributed by atoms with Gasteiger partial charge in [-0.3, -0.25) is 0 Å². The third-order valence-corrected chi connectivity index (χ3v) is 5.51. The Morgan fingerprint density at radius 1 is 1.18 bits per heavy atom. The smallest absolute Gasteiger partial charge is 0.0765 e. The summed E-state index contributed by atoms with van der Waals surface area (Å²) in [7, 11) is 0. The van der Waals surface area contributed by atoms with E-state index in [9.17, 15) is 0 Å². The number of nitrogens with one attached hydrogen (secondary N) is 1. The van der Waals surface area contributed by atoms with Crippen molar-refractivity contribution in [2.75, 3.05) is 12.8 Å². The number of hydrogen-bond acceptors (Lipinski definition) is 4. The number of hydrogen-bond donors (Lipinski definition) is 1. The molecule has 1 atom stereocenters. The fourth-order valence-electron chi connectivity index (χ4n) is 1.62. The summed E-state index contributed by atoms with van der Waals surface area (Å²) in [6, 6.07) is 9.04. The summed E-state index contributed by atoms with van der Waals surface area (Å²) in [5, 5.41) is 8.62. The average Bonchev–Trinajstić information content (AvgIpc) is 3.01. The molecular weight excluding hydrogens is 266 g/mol. The highest BCUT2D eigenvalue weighted by Crippen LogP contribution is 2.29. The molecule has 0 amide bonds. The molecule has 0 aromatic carbocycles. The minimum atomic E-state index is 0.365. The van der Waals surface area contributed by atoms with E-state index < -0.39 is 0 Å². The second kappa shape index (κ2) is 6.59. The Labute approximate surface area is 115 Å². The summed E-state index contributed by atoms with van der Waals surface area (Å²) >= 11 is 5.56. The van der Waals surface area contributed by atoms with Gasteiger partial charge in [0, 0.05) is 21.5 Å². The molecule has 0 spiro atoms. The summed E-state index contributed by atoms with van der Waals surface area (Å²) in [5.74, 6) is 0. The molecule has 2 aromatic rings. The first-order valence-corrected chi connectivity index (χ1v) is 8.69. The van der Waals surface area contributed by atoms with Crippen LogP contribution in [0.5, 0.6) is 0 Å².